The minimum absolute atomic E-state index is 0.00482. The maximum Gasteiger partial charge on any atom is 0.196 e. The van der Waals surface area contributed by atoms with Crippen molar-refractivity contribution in [3.63, 3.8) is 0 Å². The van der Waals surface area contributed by atoms with Crippen LogP contribution in [0.25, 0.3) is 11.1 Å². The summed E-state index contributed by atoms with van der Waals surface area (Å²) in [5.41, 5.74) is 2.78. The van der Waals surface area contributed by atoms with E-state index in [1.54, 1.807) is 24.3 Å². The van der Waals surface area contributed by atoms with Crippen LogP contribution in [0.4, 0.5) is 0 Å². The van der Waals surface area contributed by atoms with E-state index in [2.05, 4.69) is 0 Å². The molecule has 2 nitrogen and oxygen atoms in total. The maximum atomic E-state index is 12.4. The van der Waals surface area contributed by atoms with Gasteiger partial charge in [-0.1, -0.05) is 66.7 Å². The number of hydrogen-bond acceptors (Lipinski definition) is 2. The van der Waals surface area contributed by atoms with Crippen molar-refractivity contribution >= 4 is 5.78 Å². The number of carbonyl (C=O) groups is 1. The van der Waals surface area contributed by atoms with Gasteiger partial charge in [-0.05, 0) is 23.3 Å². The molecule has 3 rings (SSSR count). The summed E-state index contributed by atoms with van der Waals surface area (Å²) < 4.78 is 0. The maximum absolute atomic E-state index is 12.4. The Morgan fingerprint density at radius 2 is 1.33 bits per heavy atom. The Morgan fingerprint density at radius 3 is 1.95 bits per heavy atom. The Labute approximate surface area is 123 Å². The lowest BCUT2D eigenvalue weighted by Gasteiger charge is -2.07. The Hall–Kier alpha value is -2.87. The fraction of sp³-hybridized carbons (Fsp3) is 0. The van der Waals surface area contributed by atoms with E-state index < -0.39 is 0 Å². The van der Waals surface area contributed by atoms with Crippen LogP contribution >= 0.6 is 0 Å². The summed E-state index contributed by atoms with van der Waals surface area (Å²) in [4.78, 5) is 12.4. The van der Waals surface area contributed by atoms with Crippen molar-refractivity contribution in [1.82, 2.24) is 0 Å². The molecule has 102 valence electrons. The highest BCUT2D eigenvalue weighted by atomic mass is 16.3. The third-order valence-electron chi connectivity index (χ3n) is 3.39. The summed E-state index contributed by atoms with van der Waals surface area (Å²) in [5.74, 6) is -0.169. The van der Waals surface area contributed by atoms with Crippen LogP contribution in [0.2, 0.25) is 0 Å². The van der Waals surface area contributed by atoms with E-state index in [4.69, 9.17) is 0 Å². The van der Waals surface area contributed by atoms with Gasteiger partial charge in [-0.25, -0.2) is 0 Å². The van der Waals surface area contributed by atoms with Crippen molar-refractivity contribution in [3.8, 4) is 16.9 Å². The first kappa shape index (κ1) is 13.1. The van der Waals surface area contributed by atoms with Gasteiger partial charge in [-0.3, -0.25) is 4.79 Å². The molecule has 0 aliphatic heterocycles. The normalized spacial score (nSPS) is 10.3. The molecule has 0 atom stereocenters. The highest BCUT2D eigenvalue weighted by Crippen LogP contribution is 2.27. The molecular weight excluding hydrogens is 260 g/mol. The van der Waals surface area contributed by atoms with Gasteiger partial charge in [0, 0.05) is 5.56 Å². The van der Waals surface area contributed by atoms with E-state index in [0.717, 1.165) is 11.1 Å². The minimum Gasteiger partial charge on any atom is -0.507 e. The van der Waals surface area contributed by atoms with Crippen molar-refractivity contribution < 1.29 is 9.90 Å². The number of phenols is 1. The molecule has 0 radical (unpaired) electrons. The zero-order valence-corrected chi connectivity index (χ0v) is 11.4. The van der Waals surface area contributed by atoms with Crippen LogP contribution in [0.5, 0.6) is 5.75 Å². The fourth-order valence-electron chi connectivity index (χ4n) is 2.28. The van der Waals surface area contributed by atoms with Gasteiger partial charge in [0.1, 0.15) is 5.75 Å². The Bertz CT molecular complexity index is 762. The zero-order valence-electron chi connectivity index (χ0n) is 11.4. The average molecular weight is 274 g/mol. The summed E-state index contributed by atoms with van der Waals surface area (Å²) in [7, 11) is 0. The molecule has 0 saturated carbocycles. The molecule has 0 fully saturated rings. The van der Waals surface area contributed by atoms with Gasteiger partial charge in [0.15, 0.2) is 5.78 Å². The number of ketones is 1. The summed E-state index contributed by atoms with van der Waals surface area (Å²) in [5, 5.41) is 10.2. The van der Waals surface area contributed by atoms with E-state index in [1.165, 1.54) is 0 Å². The SMILES string of the molecule is O=C(c1ccccc1)c1ccc(-c2ccccc2)cc1O. The molecule has 0 saturated heterocycles. The van der Waals surface area contributed by atoms with Crippen LogP contribution in [0.1, 0.15) is 15.9 Å². The van der Waals surface area contributed by atoms with E-state index in [-0.39, 0.29) is 11.5 Å². The predicted molar refractivity (Wildman–Crippen MR) is 83.4 cm³/mol. The van der Waals surface area contributed by atoms with Crippen LogP contribution in [-0.2, 0) is 0 Å². The van der Waals surface area contributed by atoms with Gasteiger partial charge in [-0.2, -0.15) is 0 Å². The van der Waals surface area contributed by atoms with Crippen LogP contribution in [0.15, 0.2) is 78.9 Å². The van der Waals surface area contributed by atoms with Gasteiger partial charge in [0.25, 0.3) is 0 Å². The molecule has 0 aliphatic carbocycles. The largest absolute Gasteiger partial charge is 0.507 e. The predicted octanol–water partition coefficient (Wildman–Crippen LogP) is 4.29. The van der Waals surface area contributed by atoms with Crippen molar-refractivity contribution in [1.29, 1.82) is 0 Å². The first-order chi connectivity index (χ1) is 10.3. The Kier molecular flexibility index (Phi) is 3.52. The summed E-state index contributed by atoms with van der Waals surface area (Å²) >= 11 is 0. The van der Waals surface area contributed by atoms with Crippen LogP contribution in [0, 0.1) is 0 Å². The molecule has 0 aromatic heterocycles. The lowest BCUT2D eigenvalue weighted by molar-refractivity contribution is 0.103. The average Bonchev–Trinajstić information content (AvgIpc) is 2.56. The molecule has 0 heterocycles. The third kappa shape index (κ3) is 2.70. The van der Waals surface area contributed by atoms with Gasteiger partial charge in [0.05, 0.1) is 5.56 Å². The number of rotatable bonds is 3. The molecule has 0 aliphatic rings. The van der Waals surface area contributed by atoms with Gasteiger partial charge >= 0.3 is 0 Å². The number of phenolic OH excluding ortho intramolecular Hbond substituents is 1. The molecule has 3 aromatic rings. The van der Waals surface area contributed by atoms with Crippen molar-refractivity contribution in [3.05, 3.63) is 90.0 Å². The summed E-state index contributed by atoms with van der Waals surface area (Å²) in [6, 6.07) is 23.9. The minimum atomic E-state index is -0.173. The van der Waals surface area contributed by atoms with Gasteiger partial charge in [0.2, 0.25) is 0 Å². The monoisotopic (exact) mass is 274 g/mol. The molecule has 2 heteroatoms. The van der Waals surface area contributed by atoms with Gasteiger partial charge in [-0.15, -0.1) is 0 Å². The molecule has 0 amide bonds. The molecule has 0 unspecified atom stereocenters. The molecule has 1 N–H and O–H groups in total. The van der Waals surface area contributed by atoms with E-state index in [9.17, 15) is 9.90 Å². The molecule has 3 aromatic carbocycles. The van der Waals surface area contributed by atoms with Crippen molar-refractivity contribution in [2.45, 2.75) is 0 Å². The Balaban J connectivity index is 1.98. The van der Waals surface area contributed by atoms with E-state index in [1.807, 2.05) is 54.6 Å². The van der Waals surface area contributed by atoms with E-state index in [0.29, 0.717) is 11.1 Å². The standard InChI is InChI=1S/C19H14O2/c20-18-13-16(14-7-3-1-4-8-14)11-12-17(18)19(21)15-9-5-2-6-10-15/h1-13,20H. The molecular formula is C19H14O2. The van der Waals surface area contributed by atoms with Crippen LogP contribution in [0.3, 0.4) is 0 Å². The second-order valence-corrected chi connectivity index (χ2v) is 4.79. The third-order valence-corrected chi connectivity index (χ3v) is 3.39. The van der Waals surface area contributed by atoms with Crippen molar-refractivity contribution in [2.24, 2.45) is 0 Å². The topological polar surface area (TPSA) is 37.3 Å². The number of aromatic hydroxyl groups is 1. The van der Waals surface area contributed by atoms with E-state index >= 15 is 0 Å². The quantitative estimate of drug-likeness (QED) is 0.723. The summed E-state index contributed by atoms with van der Waals surface area (Å²) in [6.45, 7) is 0. The van der Waals surface area contributed by atoms with Crippen molar-refractivity contribution in [2.75, 3.05) is 0 Å². The van der Waals surface area contributed by atoms with Crippen LogP contribution < -0.4 is 0 Å². The molecule has 0 spiro atoms. The summed E-state index contributed by atoms with van der Waals surface area (Å²) in [6.07, 6.45) is 0. The highest BCUT2D eigenvalue weighted by Gasteiger charge is 2.13. The van der Waals surface area contributed by atoms with Gasteiger partial charge < -0.3 is 5.11 Å². The number of hydrogen-bond donors (Lipinski definition) is 1. The number of benzene rings is 3. The van der Waals surface area contributed by atoms with Crippen LogP contribution in [-0.4, -0.2) is 10.9 Å². The lowest BCUT2D eigenvalue weighted by Crippen LogP contribution is -2.01. The second kappa shape index (κ2) is 5.63. The lowest BCUT2D eigenvalue weighted by atomic mass is 9.98. The number of carbonyl (C=O) groups excluding carboxylic acids is 1. The fourth-order valence-corrected chi connectivity index (χ4v) is 2.28. The Morgan fingerprint density at radius 1 is 0.714 bits per heavy atom. The zero-order chi connectivity index (χ0) is 14.7. The first-order valence-electron chi connectivity index (χ1n) is 6.74. The first-order valence-corrected chi connectivity index (χ1v) is 6.74. The smallest absolute Gasteiger partial charge is 0.196 e. The highest BCUT2D eigenvalue weighted by molar-refractivity contribution is 6.10. The second-order valence-electron chi connectivity index (χ2n) is 4.79. The molecule has 0 bridgehead atoms. The molecule has 21 heavy (non-hydrogen) atoms.